The normalized spacial score (nSPS) is 11.6. The van der Waals surface area contributed by atoms with Gasteiger partial charge in [0.25, 0.3) is 0 Å². The molecule has 1 aromatic heterocycles. The Morgan fingerprint density at radius 3 is 2.18 bits per heavy atom. The first-order valence-electron chi connectivity index (χ1n) is 4.98. The van der Waals surface area contributed by atoms with E-state index in [1.54, 1.807) is 0 Å². The van der Waals surface area contributed by atoms with Gasteiger partial charge in [-0.25, -0.2) is 4.57 Å². The SMILES string of the molecule is O=[PH](Cl)c1ccc(C[n+]2ccccc2)cc1.[Cl-]. The Hall–Kier alpha value is -0.820. The van der Waals surface area contributed by atoms with Crippen molar-refractivity contribution in [3.8, 4) is 0 Å². The minimum atomic E-state index is -2.09. The van der Waals surface area contributed by atoms with Gasteiger partial charge in [0.2, 0.25) is 0 Å². The van der Waals surface area contributed by atoms with E-state index in [2.05, 4.69) is 4.57 Å². The molecule has 0 spiro atoms. The first kappa shape index (κ1) is 14.2. The molecule has 2 nitrogen and oxygen atoms in total. The zero-order valence-electron chi connectivity index (χ0n) is 9.01. The maximum absolute atomic E-state index is 11.1. The van der Waals surface area contributed by atoms with Crippen molar-refractivity contribution in [1.29, 1.82) is 0 Å². The van der Waals surface area contributed by atoms with Crippen LogP contribution in [0.15, 0.2) is 54.9 Å². The molecule has 2 rings (SSSR count). The average molecular weight is 288 g/mol. The zero-order chi connectivity index (χ0) is 11.4. The summed E-state index contributed by atoms with van der Waals surface area (Å²) in [5, 5.41) is 0.716. The molecule has 0 fully saturated rings. The van der Waals surface area contributed by atoms with Crippen LogP contribution in [0.3, 0.4) is 0 Å². The molecule has 1 aromatic carbocycles. The summed E-state index contributed by atoms with van der Waals surface area (Å²) in [7, 11) is -2.09. The number of pyridine rings is 1. The molecule has 0 aliphatic rings. The fraction of sp³-hybridized carbons (Fsp3) is 0.0833. The lowest BCUT2D eigenvalue weighted by molar-refractivity contribution is -0.688. The standard InChI is InChI=1S/C12H12ClNOP.ClH/c13-16(15)12-6-4-11(5-7-12)10-14-8-2-1-3-9-14;/h1-9,16H,10H2;1H/q+1;/p-1. The molecular weight excluding hydrogens is 276 g/mol. The van der Waals surface area contributed by atoms with Gasteiger partial charge in [0, 0.05) is 23.0 Å². The van der Waals surface area contributed by atoms with Gasteiger partial charge in [0.05, 0.1) is 0 Å². The van der Waals surface area contributed by atoms with E-state index < -0.39 is 7.15 Å². The summed E-state index contributed by atoms with van der Waals surface area (Å²) in [4.78, 5) is 0. The lowest BCUT2D eigenvalue weighted by Gasteiger charge is -1.99. The number of benzene rings is 1. The van der Waals surface area contributed by atoms with Gasteiger partial charge < -0.3 is 17.0 Å². The van der Waals surface area contributed by atoms with Crippen molar-refractivity contribution < 1.29 is 21.5 Å². The van der Waals surface area contributed by atoms with Gasteiger partial charge in [-0.1, -0.05) is 41.6 Å². The molecule has 0 saturated heterocycles. The van der Waals surface area contributed by atoms with E-state index >= 15 is 0 Å². The summed E-state index contributed by atoms with van der Waals surface area (Å²) in [6.07, 6.45) is 4.02. The molecule has 0 amide bonds. The van der Waals surface area contributed by atoms with Gasteiger partial charge in [0.15, 0.2) is 26.1 Å². The van der Waals surface area contributed by atoms with Crippen molar-refractivity contribution in [1.82, 2.24) is 0 Å². The molecule has 0 aliphatic heterocycles. The molecule has 5 heteroatoms. The monoisotopic (exact) mass is 287 g/mol. The third kappa shape index (κ3) is 4.16. The third-order valence-electron chi connectivity index (χ3n) is 2.32. The highest BCUT2D eigenvalue weighted by molar-refractivity contribution is 7.80. The smallest absolute Gasteiger partial charge is 0.186 e. The molecule has 0 aliphatic carbocycles. The van der Waals surface area contributed by atoms with Gasteiger partial charge in [0.1, 0.15) is 0 Å². The molecule has 17 heavy (non-hydrogen) atoms. The van der Waals surface area contributed by atoms with Crippen LogP contribution in [0.2, 0.25) is 0 Å². The van der Waals surface area contributed by atoms with Gasteiger partial charge in [-0.2, -0.15) is 0 Å². The van der Waals surface area contributed by atoms with E-state index in [0.717, 1.165) is 6.54 Å². The second-order valence-corrected chi connectivity index (χ2v) is 5.67. The van der Waals surface area contributed by atoms with Crippen LogP contribution < -0.4 is 22.3 Å². The molecule has 1 unspecified atom stereocenters. The number of hydrogen-bond donors (Lipinski definition) is 0. The van der Waals surface area contributed by atoms with E-state index in [9.17, 15) is 4.57 Å². The number of rotatable bonds is 3. The predicted molar refractivity (Wildman–Crippen MR) is 66.7 cm³/mol. The maximum atomic E-state index is 11.1. The summed E-state index contributed by atoms with van der Waals surface area (Å²) in [6, 6.07) is 13.5. The molecular formula is C12H12Cl2NOP. The van der Waals surface area contributed by atoms with E-state index in [4.69, 9.17) is 11.2 Å². The van der Waals surface area contributed by atoms with Gasteiger partial charge in [-0.3, -0.25) is 0 Å². The minimum Gasteiger partial charge on any atom is -1.00 e. The summed E-state index contributed by atoms with van der Waals surface area (Å²) < 4.78 is 13.1. The highest BCUT2D eigenvalue weighted by Gasteiger charge is 2.03. The summed E-state index contributed by atoms with van der Waals surface area (Å²) in [5.74, 6) is 0. The van der Waals surface area contributed by atoms with Crippen LogP contribution in [0.25, 0.3) is 0 Å². The van der Waals surface area contributed by atoms with E-state index in [0.29, 0.717) is 5.30 Å². The number of halogens is 2. The van der Waals surface area contributed by atoms with Crippen LogP contribution in [0.1, 0.15) is 5.56 Å². The highest BCUT2D eigenvalue weighted by Crippen LogP contribution is 2.24. The molecule has 1 atom stereocenters. The lowest BCUT2D eigenvalue weighted by Crippen LogP contribution is -3.00. The molecule has 1 heterocycles. The Bertz CT molecular complexity index is 488. The van der Waals surface area contributed by atoms with Crippen LogP contribution in [-0.2, 0) is 11.1 Å². The number of aromatic nitrogens is 1. The summed E-state index contributed by atoms with van der Waals surface area (Å²) >= 11 is 5.56. The second-order valence-electron chi connectivity index (χ2n) is 3.52. The molecule has 0 saturated carbocycles. The topological polar surface area (TPSA) is 20.9 Å². The third-order valence-corrected chi connectivity index (χ3v) is 3.77. The number of nitrogens with zero attached hydrogens (tertiary/aromatic N) is 1. The maximum Gasteiger partial charge on any atom is 0.186 e. The van der Waals surface area contributed by atoms with Gasteiger partial charge in [-0.15, -0.1) is 0 Å². The van der Waals surface area contributed by atoms with Crippen LogP contribution in [-0.4, -0.2) is 0 Å². The quantitative estimate of drug-likeness (QED) is 0.544. The van der Waals surface area contributed by atoms with Crippen molar-refractivity contribution >= 4 is 23.7 Å². The molecule has 2 aromatic rings. The Labute approximate surface area is 112 Å². The largest absolute Gasteiger partial charge is 1.00 e. The Kier molecular flexibility index (Phi) is 5.70. The predicted octanol–water partition coefficient (Wildman–Crippen LogP) is -0.635. The van der Waals surface area contributed by atoms with Gasteiger partial charge >= 0.3 is 0 Å². The van der Waals surface area contributed by atoms with Crippen molar-refractivity contribution in [2.24, 2.45) is 0 Å². The van der Waals surface area contributed by atoms with Crippen LogP contribution in [0, 0.1) is 0 Å². The van der Waals surface area contributed by atoms with Crippen LogP contribution in [0.4, 0.5) is 0 Å². The zero-order valence-corrected chi connectivity index (χ0v) is 11.5. The summed E-state index contributed by atoms with van der Waals surface area (Å²) in [6.45, 7) is 0.810. The first-order valence-corrected chi connectivity index (χ1v) is 7.40. The van der Waals surface area contributed by atoms with Crippen molar-refractivity contribution in [3.05, 3.63) is 60.4 Å². The van der Waals surface area contributed by atoms with Crippen molar-refractivity contribution in [2.45, 2.75) is 6.54 Å². The van der Waals surface area contributed by atoms with E-state index in [1.807, 2.05) is 54.9 Å². The second kappa shape index (κ2) is 6.80. The van der Waals surface area contributed by atoms with Crippen molar-refractivity contribution in [2.75, 3.05) is 0 Å². The Balaban J connectivity index is 0.00000144. The molecule has 0 N–H and O–H groups in total. The molecule has 0 bridgehead atoms. The fourth-order valence-electron chi connectivity index (χ4n) is 1.49. The Morgan fingerprint density at radius 1 is 1.06 bits per heavy atom. The fourth-order valence-corrected chi connectivity index (χ4v) is 2.30. The minimum absolute atomic E-state index is 0. The summed E-state index contributed by atoms with van der Waals surface area (Å²) in [5.41, 5.74) is 1.17. The van der Waals surface area contributed by atoms with E-state index in [1.165, 1.54) is 5.56 Å². The van der Waals surface area contributed by atoms with Crippen LogP contribution in [0.5, 0.6) is 0 Å². The first-order chi connectivity index (χ1) is 7.75. The highest BCUT2D eigenvalue weighted by atomic mass is 35.7. The Morgan fingerprint density at radius 2 is 1.65 bits per heavy atom. The average Bonchev–Trinajstić information content (AvgIpc) is 2.31. The van der Waals surface area contributed by atoms with E-state index in [-0.39, 0.29) is 12.4 Å². The number of hydrogen-bond acceptors (Lipinski definition) is 1. The molecule has 90 valence electrons. The van der Waals surface area contributed by atoms with Crippen molar-refractivity contribution in [3.63, 3.8) is 0 Å². The van der Waals surface area contributed by atoms with Gasteiger partial charge in [-0.05, 0) is 0 Å². The van der Waals surface area contributed by atoms with Crippen LogP contribution >= 0.6 is 18.4 Å². The lowest BCUT2D eigenvalue weighted by atomic mass is 10.2. The molecule has 0 radical (unpaired) electrons.